The smallest absolute Gasteiger partial charge is 0.369 e. The topological polar surface area (TPSA) is 132 Å². The molecule has 0 saturated heterocycles. The van der Waals surface area contributed by atoms with Crippen LogP contribution in [-0.2, 0) is 6.18 Å². The lowest BCUT2D eigenvalue weighted by Gasteiger charge is -2.10. The molecule has 0 radical (unpaired) electrons. The van der Waals surface area contributed by atoms with Crippen molar-refractivity contribution >= 4 is 23.3 Å². The number of hydrogen-bond donors (Lipinski definition) is 3. The molecule has 1 aromatic carbocycles. The van der Waals surface area contributed by atoms with Crippen molar-refractivity contribution in [3.05, 3.63) is 33.9 Å². The molecular formula is C10H11F3N6O2. The summed E-state index contributed by atoms with van der Waals surface area (Å²) in [6, 6.07) is 2.26. The summed E-state index contributed by atoms with van der Waals surface area (Å²) in [6.07, 6.45) is -4.83. The standard InChI is InChI=1S/C10H11F3N6O2/c1-16-8(14)18-9(15)17-5-2-3-6(10(11,12)13)7(4-5)19(20)21/h2-4H,1H3,(H5,14,15,16,17,18). The molecule has 0 unspecified atom stereocenters. The highest BCUT2D eigenvalue weighted by molar-refractivity contribution is 6.00. The maximum absolute atomic E-state index is 12.6. The van der Waals surface area contributed by atoms with Crippen molar-refractivity contribution in [2.75, 3.05) is 12.4 Å². The molecule has 0 aliphatic carbocycles. The maximum atomic E-state index is 12.6. The van der Waals surface area contributed by atoms with Crippen molar-refractivity contribution in [2.45, 2.75) is 6.18 Å². The fourth-order valence-corrected chi connectivity index (χ4v) is 1.35. The van der Waals surface area contributed by atoms with Crippen LogP contribution in [-0.4, -0.2) is 23.9 Å². The van der Waals surface area contributed by atoms with Gasteiger partial charge >= 0.3 is 6.18 Å². The molecule has 0 fully saturated rings. The number of nitrogens with one attached hydrogen (secondary N) is 1. The number of benzene rings is 1. The molecule has 0 atom stereocenters. The summed E-state index contributed by atoms with van der Waals surface area (Å²) in [5, 5.41) is 13.1. The third kappa shape index (κ3) is 4.33. The minimum atomic E-state index is -4.83. The largest absolute Gasteiger partial charge is 0.423 e. The summed E-state index contributed by atoms with van der Waals surface area (Å²) in [7, 11) is 1.36. The van der Waals surface area contributed by atoms with Gasteiger partial charge < -0.3 is 16.8 Å². The lowest BCUT2D eigenvalue weighted by atomic mass is 10.1. The highest BCUT2D eigenvalue weighted by atomic mass is 19.4. The number of nitrogens with zero attached hydrogens (tertiary/aromatic N) is 3. The number of aliphatic imine (C=N–C) groups is 2. The molecule has 0 aromatic heterocycles. The van der Waals surface area contributed by atoms with Crippen LogP contribution in [0, 0.1) is 10.1 Å². The predicted octanol–water partition coefficient (Wildman–Crippen LogP) is 1.28. The molecule has 1 rings (SSSR count). The van der Waals surface area contributed by atoms with Crippen LogP contribution in [0.1, 0.15) is 5.56 Å². The van der Waals surface area contributed by atoms with Crippen LogP contribution >= 0.6 is 0 Å². The Hall–Kier alpha value is -2.85. The summed E-state index contributed by atoms with van der Waals surface area (Å²) in [5.74, 6) is -0.437. The molecular weight excluding hydrogens is 293 g/mol. The Labute approximate surface area is 116 Å². The van der Waals surface area contributed by atoms with E-state index >= 15 is 0 Å². The second kappa shape index (κ2) is 6.07. The molecule has 0 aliphatic rings. The number of rotatable bonds is 2. The third-order valence-electron chi connectivity index (χ3n) is 2.24. The fourth-order valence-electron chi connectivity index (χ4n) is 1.35. The van der Waals surface area contributed by atoms with E-state index < -0.39 is 22.4 Å². The third-order valence-corrected chi connectivity index (χ3v) is 2.24. The van der Waals surface area contributed by atoms with Gasteiger partial charge in [0.1, 0.15) is 5.56 Å². The first-order chi connectivity index (χ1) is 9.65. The summed E-state index contributed by atoms with van der Waals surface area (Å²) in [6.45, 7) is 0. The average Bonchev–Trinajstić information content (AvgIpc) is 2.36. The van der Waals surface area contributed by atoms with Gasteiger partial charge in [-0.2, -0.15) is 18.2 Å². The van der Waals surface area contributed by atoms with E-state index in [0.29, 0.717) is 12.1 Å². The predicted molar refractivity (Wildman–Crippen MR) is 70.9 cm³/mol. The lowest BCUT2D eigenvalue weighted by Crippen LogP contribution is -2.26. The maximum Gasteiger partial charge on any atom is 0.423 e. The summed E-state index contributed by atoms with van der Waals surface area (Å²) in [4.78, 5) is 16.6. The molecule has 114 valence electrons. The number of guanidine groups is 2. The van der Waals surface area contributed by atoms with Crippen molar-refractivity contribution in [2.24, 2.45) is 21.5 Å². The summed E-state index contributed by atoms with van der Waals surface area (Å²) < 4.78 is 37.8. The first-order valence-corrected chi connectivity index (χ1v) is 5.34. The van der Waals surface area contributed by atoms with Crippen molar-refractivity contribution in [1.82, 2.24) is 0 Å². The van der Waals surface area contributed by atoms with E-state index in [0.717, 1.165) is 6.07 Å². The van der Waals surface area contributed by atoms with Gasteiger partial charge in [0.25, 0.3) is 5.69 Å². The zero-order valence-electron chi connectivity index (χ0n) is 10.7. The number of hydrogen-bond acceptors (Lipinski definition) is 3. The fraction of sp³-hybridized carbons (Fsp3) is 0.200. The Balaban J connectivity index is 3.16. The lowest BCUT2D eigenvalue weighted by molar-refractivity contribution is -0.388. The van der Waals surface area contributed by atoms with Crippen LogP contribution < -0.4 is 16.8 Å². The Bertz CT molecular complexity index is 611. The molecule has 0 bridgehead atoms. The zero-order chi connectivity index (χ0) is 16.2. The number of nitro groups is 1. The van der Waals surface area contributed by atoms with E-state index in [4.69, 9.17) is 11.5 Å². The first kappa shape index (κ1) is 16.2. The van der Waals surface area contributed by atoms with Crippen LogP contribution in [0.25, 0.3) is 0 Å². The van der Waals surface area contributed by atoms with Gasteiger partial charge in [-0.25, -0.2) is 0 Å². The molecule has 11 heteroatoms. The normalized spacial score (nSPS) is 13.1. The second-order valence-electron chi connectivity index (χ2n) is 3.69. The highest BCUT2D eigenvalue weighted by Crippen LogP contribution is 2.37. The van der Waals surface area contributed by atoms with Gasteiger partial charge in [0.15, 0.2) is 0 Å². The minimum absolute atomic E-state index is 0.0418. The van der Waals surface area contributed by atoms with Gasteiger partial charge in [0, 0.05) is 18.8 Å². The molecule has 0 heterocycles. The van der Waals surface area contributed by atoms with Gasteiger partial charge in [0.05, 0.1) is 4.92 Å². The van der Waals surface area contributed by atoms with Crippen molar-refractivity contribution in [1.29, 1.82) is 0 Å². The molecule has 0 saturated carbocycles. The van der Waals surface area contributed by atoms with Crippen molar-refractivity contribution in [3.63, 3.8) is 0 Å². The van der Waals surface area contributed by atoms with Gasteiger partial charge in [-0.1, -0.05) is 0 Å². The second-order valence-corrected chi connectivity index (χ2v) is 3.69. The average molecular weight is 304 g/mol. The molecule has 1 aromatic rings. The Kier molecular flexibility index (Phi) is 4.68. The van der Waals surface area contributed by atoms with E-state index in [-0.39, 0.29) is 17.6 Å². The van der Waals surface area contributed by atoms with Crippen LogP contribution in [0.15, 0.2) is 28.2 Å². The van der Waals surface area contributed by atoms with E-state index in [1.165, 1.54) is 7.05 Å². The zero-order valence-corrected chi connectivity index (χ0v) is 10.7. The summed E-state index contributed by atoms with van der Waals surface area (Å²) >= 11 is 0. The molecule has 0 spiro atoms. The number of nitrogens with two attached hydrogens (primary N) is 2. The van der Waals surface area contributed by atoms with E-state index in [2.05, 4.69) is 15.3 Å². The van der Waals surface area contributed by atoms with Gasteiger partial charge in [0.2, 0.25) is 11.9 Å². The molecule has 0 aliphatic heterocycles. The van der Waals surface area contributed by atoms with E-state index in [1.54, 1.807) is 0 Å². The molecule has 21 heavy (non-hydrogen) atoms. The van der Waals surface area contributed by atoms with E-state index in [9.17, 15) is 23.3 Å². The molecule has 0 amide bonds. The Morgan fingerprint density at radius 3 is 2.48 bits per heavy atom. The quantitative estimate of drug-likeness (QED) is 0.328. The monoisotopic (exact) mass is 304 g/mol. The summed E-state index contributed by atoms with van der Waals surface area (Å²) in [5.41, 5.74) is 8.19. The van der Waals surface area contributed by atoms with Crippen LogP contribution in [0.5, 0.6) is 0 Å². The number of nitro benzene ring substituents is 1. The van der Waals surface area contributed by atoms with Crippen LogP contribution in [0.4, 0.5) is 24.5 Å². The molecule has 5 N–H and O–H groups in total. The van der Waals surface area contributed by atoms with E-state index in [1.807, 2.05) is 0 Å². The van der Waals surface area contributed by atoms with Gasteiger partial charge in [-0.3, -0.25) is 15.1 Å². The van der Waals surface area contributed by atoms with Gasteiger partial charge in [-0.05, 0) is 12.1 Å². The highest BCUT2D eigenvalue weighted by Gasteiger charge is 2.38. The molecule has 8 nitrogen and oxygen atoms in total. The van der Waals surface area contributed by atoms with Crippen molar-refractivity contribution < 1.29 is 18.1 Å². The number of anilines is 1. The number of halogens is 3. The first-order valence-electron chi connectivity index (χ1n) is 5.34. The van der Waals surface area contributed by atoms with Gasteiger partial charge in [-0.15, -0.1) is 0 Å². The minimum Gasteiger partial charge on any atom is -0.369 e. The Morgan fingerprint density at radius 2 is 2.00 bits per heavy atom. The Morgan fingerprint density at radius 1 is 1.38 bits per heavy atom. The van der Waals surface area contributed by atoms with Crippen LogP contribution in [0.3, 0.4) is 0 Å². The number of alkyl halides is 3. The van der Waals surface area contributed by atoms with Crippen molar-refractivity contribution in [3.8, 4) is 0 Å². The SMILES string of the molecule is CN=C(N)/N=C(\N)Nc1ccc(C(F)(F)F)c([N+](=O)[O-])c1. The van der Waals surface area contributed by atoms with Crippen LogP contribution in [0.2, 0.25) is 0 Å².